The van der Waals surface area contributed by atoms with Gasteiger partial charge in [0, 0.05) is 18.7 Å². The summed E-state index contributed by atoms with van der Waals surface area (Å²) in [6.07, 6.45) is 0.733. The summed E-state index contributed by atoms with van der Waals surface area (Å²) >= 11 is 0. The van der Waals surface area contributed by atoms with Crippen molar-refractivity contribution in [3.63, 3.8) is 0 Å². The molecule has 0 saturated heterocycles. The molecule has 2 aromatic heterocycles. The molecule has 0 atom stereocenters. The number of nitriles is 1. The Labute approximate surface area is 167 Å². The Morgan fingerprint density at radius 1 is 1.29 bits per heavy atom. The van der Waals surface area contributed by atoms with Crippen molar-refractivity contribution in [2.75, 3.05) is 31.5 Å². The van der Waals surface area contributed by atoms with Crippen LogP contribution in [0.4, 0.5) is 5.82 Å². The molecule has 0 spiro atoms. The van der Waals surface area contributed by atoms with Gasteiger partial charge in [0.15, 0.2) is 5.65 Å². The number of hydrogen-bond acceptors (Lipinski definition) is 4. The maximum absolute atomic E-state index is 9.85. The molecule has 5 nitrogen and oxygen atoms in total. The van der Waals surface area contributed by atoms with E-state index in [4.69, 9.17) is 4.98 Å². The first kappa shape index (κ1) is 19.9. The van der Waals surface area contributed by atoms with Crippen LogP contribution in [0.25, 0.3) is 16.7 Å². The monoisotopic (exact) mass is 375 g/mol. The molecule has 28 heavy (non-hydrogen) atoms. The van der Waals surface area contributed by atoms with Gasteiger partial charge < -0.3 is 10.2 Å². The lowest BCUT2D eigenvalue weighted by Crippen LogP contribution is -2.29. The van der Waals surface area contributed by atoms with Gasteiger partial charge in [-0.3, -0.25) is 4.40 Å². The Balaban J connectivity index is 2.22. The standard InChI is InChI=1S/C23H29N5/c1-6-27(7-2)13-12-25-22-18(14-16(3)4)17(5)19(15-24)23-26-20-10-8-9-11-21(20)28(22)23/h8-11,25H,3,6-7,12-14H2,1-2,4-5H3. The molecule has 1 aromatic carbocycles. The Kier molecular flexibility index (Phi) is 6.01. The smallest absolute Gasteiger partial charge is 0.157 e. The number of nitrogens with one attached hydrogen (secondary N) is 1. The Bertz CT molecular complexity index is 1050. The van der Waals surface area contributed by atoms with E-state index in [1.54, 1.807) is 0 Å². The molecule has 0 saturated carbocycles. The highest BCUT2D eigenvalue weighted by Crippen LogP contribution is 2.32. The van der Waals surface area contributed by atoms with Crippen molar-refractivity contribution in [2.24, 2.45) is 0 Å². The van der Waals surface area contributed by atoms with E-state index < -0.39 is 0 Å². The van der Waals surface area contributed by atoms with E-state index in [1.807, 2.05) is 32.0 Å². The molecule has 0 fully saturated rings. The van der Waals surface area contributed by atoms with E-state index in [2.05, 4.69) is 47.2 Å². The predicted octanol–water partition coefficient (Wildman–Crippen LogP) is 4.54. The highest BCUT2D eigenvalue weighted by atomic mass is 15.2. The van der Waals surface area contributed by atoms with Crippen LogP contribution in [0.2, 0.25) is 0 Å². The number of anilines is 1. The Morgan fingerprint density at radius 2 is 2.00 bits per heavy atom. The van der Waals surface area contributed by atoms with Gasteiger partial charge in [0.2, 0.25) is 0 Å². The van der Waals surface area contributed by atoms with Gasteiger partial charge in [-0.05, 0) is 51.1 Å². The molecule has 146 valence electrons. The molecule has 2 heterocycles. The number of pyridine rings is 1. The summed E-state index contributed by atoms with van der Waals surface area (Å²) in [6, 6.07) is 10.4. The maximum atomic E-state index is 9.85. The summed E-state index contributed by atoms with van der Waals surface area (Å²) in [5.74, 6) is 1.02. The SMILES string of the molecule is C=C(C)Cc1c(C)c(C#N)c2nc3ccccc3n2c1NCCN(CC)CC. The second kappa shape index (κ2) is 8.45. The van der Waals surface area contributed by atoms with Gasteiger partial charge in [-0.2, -0.15) is 5.26 Å². The van der Waals surface area contributed by atoms with Crippen molar-refractivity contribution in [2.45, 2.75) is 34.1 Å². The minimum atomic E-state index is 0.641. The molecule has 0 aliphatic heterocycles. The highest BCUT2D eigenvalue weighted by molar-refractivity contribution is 5.86. The van der Waals surface area contributed by atoms with Crippen LogP contribution in [0.5, 0.6) is 0 Å². The molecule has 3 aromatic rings. The van der Waals surface area contributed by atoms with Crippen LogP contribution in [0.1, 0.15) is 37.5 Å². The van der Waals surface area contributed by atoms with Crippen molar-refractivity contribution in [3.8, 4) is 6.07 Å². The summed E-state index contributed by atoms with van der Waals surface area (Å²) in [5.41, 5.74) is 6.46. The van der Waals surface area contributed by atoms with Crippen molar-refractivity contribution in [1.82, 2.24) is 14.3 Å². The lowest BCUT2D eigenvalue weighted by molar-refractivity contribution is 0.316. The first-order valence-corrected chi connectivity index (χ1v) is 9.95. The number of para-hydroxylation sites is 2. The van der Waals surface area contributed by atoms with Gasteiger partial charge in [-0.1, -0.05) is 38.1 Å². The number of likely N-dealkylation sites (N-methyl/N-ethyl adjacent to an activating group) is 1. The topological polar surface area (TPSA) is 56.4 Å². The molecule has 3 rings (SSSR count). The van der Waals surface area contributed by atoms with Crippen LogP contribution in [0, 0.1) is 18.3 Å². The Hall–Kier alpha value is -2.84. The zero-order valence-corrected chi connectivity index (χ0v) is 17.3. The number of hydrogen-bond donors (Lipinski definition) is 1. The second-order valence-corrected chi connectivity index (χ2v) is 7.29. The average molecular weight is 376 g/mol. The van der Waals surface area contributed by atoms with Gasteiger partial charge >= 0.3 is 0 Å². The van der Waals surface area contributed by atoms with Crippen LogP contribution in [-0.4, -0.2) is 40.5 Å². The van der Waals surface area contributed by atoms with Crippen molar-refractivity contribution in [3.05, 3.63) is 53.1 Å². The first-order chi connectivity index (χ1) is 13.5. The van der Waals surface area contributed by atoms with E-state index in [0.717, 1.165) is 71.8 Å². The fourth-order valence-corrected chi connectivity index (χ4v) is 3.76. The molecule has 1 N–H and O–H groups in total. The third-order valence-electron chi connectivity index (χ3n) is 5.33. The van der Waals surface area contributed by atoms with E-state index in [1.165, 1.54) is 0 Å². The number of imidazole rings is 1. The molecule has 0 unspecified atom stereocenters. The van der Waals surface area contributed by atoms with Crippen LogP contribution in [0.3, 0.4) is 0 Å². The molecule has 5 heteroatoms. The number of allylic oxidation sites excluding steroid dienone is 1. The molecule has 0 radical (unpaired) electrons. The van der Waals surface area contributed by atoms with Gasteiger partial charge in [0.05, 0.1) is 16.6 Å². The fraction of sp³-hybridized carbons (Fsp3) is 0.391. The summed E-state index contributed by atoms with van der Waals surface area (Å²) in [5, 5.41) is 13.5. The van der Waals surface area contributed by atoms with Gasteiger partial charge in [0.1, 0.15) is 11.9 Å². The maximum Gasteiger partial charge on any atom is 0.157 e. The Morgan fingerprint density at radius 3 is 2.64 bits per heavy atom. The molecular formula is C23H29N5. The predicted molar refractivity (Wildman–Crippen MR) is 117 cm³/mol. The molecule has 0 bridgehead atoms. The van der Waals surface area contributed by atoms with E-state index in [0.29, 0.717) is 5.56 Å². The fourth-order valence-electron chi connectivity index (χ4n) is 3.76. The minimum Gasteiger partial charge on any atom is -0.370 e. The molecule has 0 amide bonds. The zero-order chi connectivity index (χ0) is 20.3. The van der Waals surface area contributed by atoms with Crippen molar-refractivity contribution >= 4 is 22.5 Å². The second-order valence-electron chi connectivity index (χ2n) is 7.29. The zero-order valence-electron chi connectivity index (χ0n) is 17.3. The number of benzene rings is 1. The third-order valence-corrected chi connectivity index (χ3v) is 5.33. The molecular weight excluding hydrogens is 346 g/mol. The molecule has 0 aliphatic rings. The normalized spacial score (nSPS) is 11.3. The van der Waals surface area contributed by atoms with Crippen LogP contribution < -0.4 is 5.32 Å². The first-order valence-electron chi connectivity index (χ1n) is 9.95. The quantitative estimate of drug-likeness (QED) is 0.587. The summed E-state index contributed by atoms with van der Waals surface area (Å²) in [4.78, 5) is 7.16. The van der Waals surface area contributed by atoms with Crippen LogP contribution >= 0.6 is 0 Å². The van der Waals surface area contributed by atoms with Crippen LogP contribution in [-0.2, 0) is 6.42 Å². The highest BCUT2D eigenvalue weighted by Gasteiger charge is 2.20. The largest absolute Gasteiger partial charge is 0.370 e. The summed E-state index contributed by atoms with van der Waals surface area (Å²) in [6.45, 7) is 16.4. The number of rotatable bonds is 8. The van der Waals surface area contributed by atoms with Gasteiger partial charge in [0.25, 0.3) is 0 Å². The van der Waals surface area contributed by atoms with Gasteiger partial charge in [-0.15, -0.1) is 0 Å². The third kappa shape index (κ3) is 3.61. The summed E-state index contributed by atoms with van der Waals surface area (Å²) < 4.78 is 2.11. The molecule has 0 aliphatic carbocycles. The van der Waals surface area contributed by atoms with Crippen molar-refractivity contribution < 1.29 is 0 Å². The lowest BCUT2D eigenvalue weighted by atomic mass is 9.99. The van der Waals surface area contributed by atoms with Gasteiger partial charge in [-0.25, -0.2) is 4.98 Å². The lowest BCUT2D eigenvalue weighted by Gasteiger charge is -2.22. The number of aromatic nitrogens is 2. The number of fused-ring (bicyclic) bond motifs is 3. The summed E-state index contributed by atoms with van der Waals surface area (Å²) in [7, 11) is 0. The van der Waals surface area contributed by atoms with Crippen LogP contribution in [0.15, 0.2) is 36.4 Å². The van der Waals surface area contributed by atoms with E-state index >= 15 is 0 Å². The average Bonchev–Trinajstić information content (AvgIpc) is 3.06. The minimum absolute atomic E-state index is 0.641. The number of nitrogens with zero attached hydrogens (tertiary/aromatic N) is 4. The van der Waals surface area contributed by atoms with Crippen molar-refractivity contribution in [1.29, 1.82) is 5.26 Å². The van der Waals surface area contributed by atoms with E-state index in [-0.39, 0.29) is 0 Å². The van der Waals surface area contributed by atoms with E-state index in [9.17, 15) is 5.26 Å².